The quantitative estimate of drug-likeness (QED) is 0.434. The molecule has 0 bridgehead atoms. The van der Waals surface area contributed by atoms with E-state index >= 15 is 0 Å². The first-order valence-electron chi connectivity index (χ1n) is 3.00. The van der Waals surface area contributed by atoms with Crippen LogP contribution in [0.1, 0.15) is 19.3 Å². The maximum absolute atomic E-state index is 8.53. The van der Waals surface area contributed by atoms with Crippen molar-refractivity contribution in [2.24, 2.45) is 0 Å². The van der Waals surface area contributed by atoms with Gasteiger partial charge in [-0.05, 0) is 12.8 Å². The maximum atomic E-state index is 8.53. The molecule has 1 aliphatic rings. The molecule has 0 aromatic rings. The number of piperidine rings is 1. The molecule has 1 N–H and O–H groups in total. The lowest BCUT2D eigenvalue weighted by Gasteiger charge is -2.21. The van der Waals surface area contributed by atoms with E-state index in [0.29, 0.717) is 0 Å². The largest absolute Gasteiger partial charge is 0.317 e. The minimum Gasteiger partial charge on any atom is -0.317 e. The van der Waals surface area contributed by atoms with E-state index in [4.69, 9.17) is 4.55 Å². The van der Waals surface area contributed by atoms with E-state index in [-0.39, 0.29) is 0 Å². The average molecular weight is 133 g/mol. The van der Waals surface area contributed by atoms with Gasteiger partial charge in [0.05, 0.1) is 12.2 Å². The highest BCUT2D eigenvalue weighted by atomic mass is 32.2. The van der Waals surface area contributed by atoms with Crippen molar-refractivity contribution < 1.29 is 4.55 Å². The van der Waals surface area contributed by atoms with Crippen molar-refractivity contribution in [1.82, 2.24) is 4.31 Å². The molecule has 1 rings (SSSR count). The third kappa shape index (κ3) is 1.65. The van der Waals surface area contributed by atoms with Crippen LogP contribution in [-0.4, -0.2) is 21.9 Å². The topological polar surface area (TPSA) is 23.5 Å². The molecule has 0 amide bonds. The van der Waals surface area contributed by atoms with E-state index in [1.54, 1.807) is 0 Å². The van der Waals surface area contributed by atoms with Crippen LogP contribution in [0.5, 0.6) is 0 Å². The lowest BCUT2D eigenvalue weighted by Crippen LogP contribution is -2.22. The van der Waals surface area contributed by atoms with Crippen LogP contribution in [0.25, 0.3) is 0 Å². The van der Waals surface area contributed by atoms with Gasteiger partial charge in [0, 0.05) is 13.1 Å². The summed E-state index contributed by atoms with van der Waals surface area (Å²) in [5.41, 5.74) is 0. The highest BCUT2D eigenvalue weighted by Crippen LogP contribution is 2.14. The Morgan fingerprint density at radius 1 is 1.12 bits per heavy atom. The van der Waals surface area contributed by atoms with Crippen molar-refractivity contribution in [2.45, 2.75) is 19.3 Å². The number of hydrogen-bond acceptors (Lipinski definition) is 3. The zero-order chi connectivity index (χ0) is 5.82. The van der Waals surface area contributed by atoms with Gasteiger partial charge in [-0.15, -0.1) is 0 Å². The summed E-state index contributed by atoms with van der Waals surface area (Å²) in [6.07, 6.45) is 3.82. The zero-order valence-electron chi connectivity index (χ0n) is 4.84. The van der Waals surface area contributed by atoms with Gasteiger partial charge >= 0.3 is 0 Å². The summed E-state index contributed by atoms with van der Waals surface area (Å²) in [7, 11) is 0. The highest BCUT2D eigenvalue weighted by Gasteiger charge is 2.08. The lowest BCUT2D eigenvalue weighted by atomic mass is 10.2. The van der Waals surface area contributed by atoms with Gasteiger partial charge in [-0.1, -0.05) is 6.42 Å². The van der Waals surface area contributed by atoms with Crippen molar-refractivity contribution in [1.29, 1.82) is 0 Å². The Hall–Kier alpha value is 0.270. The predicted molar refractivity (Wildman–Crippen MR) is 35.6 cm³/mol. The third-order valence-corrected chi connectivity index (χ3v) is 2.03. The lowest BCUT2D eigenvalue weighted by molar-refractivity contribution is 0.363. The molecule has 2 nitrogen and oxygen atoms in total. The fourth-order valence-corrected chi connectivity index (χ4v) is 1.37. The Kier molecular flexibility index (Phi) is 2.66. The summed E-state index contributed by atoms with van der Waals surface area (Å²) in [4.78, 5) is 0. The van der Waals surface area contributed by atoms with Gasteiger partial charge in [0.15, 0.2) is 0 Å². The first-order chi connectivity index (χ1) is 3.93. The molecule has 0 saturated carbocycles. The first kappa shape index (κ1) is 6.39. The highest BCUT2D eigenvalue weighted by molar-refractivity contribution is 7.91. The minimum atomic E-state index is 0.879. The molecule has 3 heteroatoms. The van der Waals surface area contributed by atoms with Crippen LogP contribution >= 0.6 is 12.2 Å². The summed E-state index contributed by atoms with van der Waals surface area (Å²) in [6, 6.07) is 0. The fourth-order valence-electron chi connectivity index (χ4n) is 0.947. The molecule has 0 spiro atoms. The predicted octanol–water partition coefficient (Wildman–Crippen LogP) is 1.59. The van der Waals surface area contributed by atoms with Gasteiger partial charge in [0.1, 0.15) is 0 Å². The van der Waals surface area contributed by atoms with Gasteiger partial charge in [-0.2, -0.15) is 0 Å². The maximum Gasteiger partial charge on any atom is 0.0790 e. The molecular formula is C5H11NOS. The van der Waals surface area contributed by atoms with Crippen LogP contribution < -0.4 is 0 Å². The average Bonchev–Trinajstić information content (AvgIpc) is 1.90. The van der Waals surface area contributed by atoms with Crippen LogP contribution in [0, 0.1) is 0 Å². The molecule has 0 aromatic heterocycles. The normalized spacial score (nSPS) is 23.6. The van der Waals surface area contributed by atoms with Gasteiger partial charge in [-0.3, -0.25) is 0 Å². The number of rotatable bonds is 1. The first-order valence-corrected chi connectivity index (χ1v) is 3.73. The Labute approximate surface area is 54.2 Å². The molecule has 1 saturated heterocycles. The Morgan fingerprint density at radius 2 is 1.75 bits per heavy atom. The zero-order valence-corrected chi connectivity index (χ0v) is 5.65. The van der Waals surface area contributed by atoms with E-state index in [0.717, 1.165) is 25.3 Å². The Bertz CT molecular complexity index is 63.4. The summed E-state index contributed by atoms with van der Waals surface area (Å²) in [6.45, 7) is 2.11. The van der Waals surface area contributed by atoms with Crippen molar-refractivity contribution in [2.75, 3.05) is 13.1 Å². The molecule has 48 valence electrons. The van der Waals surface area contributed by atoms with Crippen molar-refractivity contribution in [3.63, 3.8) is 0 Å². The molecule has 0 radical (unpaired) electrons. The van der Waals surface area contributed by atoms with E-state index in [2.05, 4.69) is 0 Å². The molecule has 0 atom stereocenters. The third-order valence-electron chi connectivity index (χ3n) is 1.43. The molecule has 0 unspecified atom stereocenters. The smallest absolute Gasteiger partial charge is 0.0790 e. The van der Waals surface area contributed by atoms with Gasteiger partial charge < -0.3 is 4.55 Å². The number of nitrogens with zero attached hydrogens (tertiary/aromatic N) is 1. The van der Waals surface area contributed by atoms with Crippen LogP contribution in [0.4, 0.5) is 0 Å². The summed E-state index contributed by atoms with van der Waals surface area (Å²) in [5, 5.41) is 0. The van der Waals surface area contributed by atoms with Crippen molar-refractivity contribution in [3.05, 3.63) is 0 Å². The van der Waals surface area contributed by atoms with Crippen LogP contribution in [0.2, 0.25) is 0 Å². The van der Waals surface area contributed by atoms with Gasteiger partial charge in [-0.25, -0.2) is 4.31 Å². The SMILES string of the molecule is OSN1CCCCC1. The monoisotopic (exact) mass is 133 g/mol. The number of hydrogen-bond donors (Lipinski definition) is 1. The van der Waals surface area contributed by atoms with E-state index < -0.39 is 0 Å². The fraction of sp³-hybridized carbons (Fsp3) is 1.00. The van der Waals surface area contributed by atoms with E-state index in [1.165, 1.54) is 19.3 Å². The van der Waals surface area contributed by atoms with Crippen LogP contribution in [0.15, 0.2) is 0 Å². The Morgan fingerprint density at radius 3 is 2.12 bits per heavy atom. The Balaban J connectivity index is 2.13. The standard InChI is InChI=1S/C5H11NOS/c7-8-6-4-2-1-3-5-6/h7H,1-5H2. The molecule has 0 aliphatic carbocycles. The summed E-state index contributed by atoms with van der Waals surface area (Å²) in [5.74, 6) is 0. The molecule has 1 fully saturated rings. The summed E-state index contributed by atoms with van der Waals surface area (Å²) >= 11 is 0.879. The molecule has 1 aliphatic heterocycles. The van der Waals surface area contributed by atoms with E-state index in [9.17, 15) is 0 Å². The second kappa shape index (κ2) is 3.33. The van der Waals surface area contributed by atoms with Gasteiger partial charge in [0.2, 0.25) is 0 Å². The van der Waals surface area contributed by atoms with E-state index in [1.807, 2.05) is 4.31 Å². The summed E-state index contributed by atoms with van der Waals surface area (Å²) < 4.78 is 10.5. The minimum absolute atomic E-state index is 0.879. The molecule has 8 heavy (non-hydrogen) atoms. The molecule has 0 aromatic carbocycles. The second-order valence-electron chi connectivity index (χ2n) is 2.07. The van der Waals surface area contributed by atoms with Crippen LogP contribution in [-0.2, 0) is 0 Å². The van der Waals surface area contributed by atoms with Crippen LogP contribution in [0.3, 0.4) is 0 Å². The molecule has 1 heterocycles. The van der Waals surface area contributed by atoms with Gasteiger partial charge in [0.25, 0.3) is 0 Å². The van der Waals surface area contributed by atoms with Crippen molar-refractivity contribution >= 4 is 12.2 Å². The van der Waals surface area contributed by atoms with Crippen molar-refractivity contribution in [3.8, 4) is 0 Å². The second-order valence-corrected chi connectivity index (χ2v) is 2.75. The molecular weight excluding hydrogens is 122 g/mol.